The third-order valence-electron chi connectivity index (χ3n) is 4.42. The molecule has 1 amide bonds. The number of hydrazone groups is 1. The molecular formula is C22H22N2O5. The Bertz CT molecular complexity index is 1060. The van der Waals surface area contributed by atoms with E-state index >= 15 is 0 Å². The second kappa shape index (κ2) is 8.97. The van der Waals surface area contributed by atoms with Crippen LogP contribution in [0.25, 0.3) is 10.8 Å². The minimum Gasteiger partial charge on any atom is -0.496 e. The van der Waals surface area contributed by atoms with Gasteiger partial charge in [-0.05, 0) is 35.0 Å². The van der Waals surface area contributed by atoms with E-state index in [4.69, 9.17) is 18.9 Å². The van der Waals surface area contributed by atoms with Gasteiger partial charge >= 0.3 is 0 Å². The number of nitrogens with zero attached hydrogens (tertiary/aromatic N) is 1. The lowest BCUT2D eigenvalue weighted by molar-refractivity contribution is 0.0952. The molecule has 0 radical (unpaired) electrons. The first kappa shape index (κ1) is 20.0. The van der Waals surface area contributed by atoms with Gasteiger partial charge in [-0.25, -0.2) is 5.43 Å². The molecule has 0 aliphatic carbocycles. The molecule has 0 aliphatic rings. The van der Waals surface area contributed by atoms with Gasteiger partial charge in [0, 0.05) is 5.56 Å². The molecule has 29 heavy (non-hydrogen) atoms. The number of benzene rings is 3. The van der Waals surface area contributed by atoms with Crippen molar-refractivity contribution in [3.05, 3.63) is 59.7 Å². The van der Waals surface area contributed by atoms with E-state index in [1.54, 1.807) is 25.3 Å². The smallest absolute Gasteiger partial charge is 0.275 e. The van der Waals surface area contributed by atoms with Gasteiger partial charge in [0.1, 0.15) is 5.75 Å². The number of carbonyl (C=O) groups is 1. The second-order valence-corrected chi connectivity index (χ2v) is 6.02. The zero-order chi connectivity index (χ0) is 20.8. The van der Waals surface area contributed by atoms with E-state index in [2.05, 4.69) is 10.5 Å². The quantitative estimate of drug-likeness (QED) is 0.489. The molecule has 0 aliphatic heterocycles. The van der Waals surface area contributed by atoms with Gasteiger partial charge in [-0.2, -0.15) is 5.10 Å². The first-order chi connectivity index (χ1) is 14.1. The molecule has 0 saturated carbocycles. The summed E-state index contributed by atoms with van der Waals surface area (Å²) in [5.41, 5.74) is 3.54. The third kappa shape index (κ3) is 4.08. The van der Waals surface area contributed by atoms with Crippen molar-refractivity contribution in [3.8, 4) is 23.0 Å². The van der Waals surface area contributed by atoms with Gasteiger partial charge in [-0.3, -0.25) is 4.79 Å². The Morgan fingerprint density at radius 3 is 2.10 bits per heavy atom. The van der Waals surface area contributed by atoms with E-state index in [0.717, 1.165) is 10.8 Å². The number of fused-ring (bicyclic) bond motifs is 1. The number of hydrogen-bond donors (Lipinski definition) is 1. The fraction of sp³-hybridized carbons (Fsp3) is 0.182. The zero-order valence-electron chi connectivity index (χ0n) is 16.7. The van der Waals surface area contributed by atoms with Gasteiger partial charge < -0.3 is 18.9 Å². The van der Waals surface area contributed by atoms with E-state index in [9.17, 15) is 4.79 Å². The minimum atomic E-state index is -0.386. The van der Waals surface area contributed by atoms with Crippen LogP contribution in [0.3, 0.4) is 0 Å². The Labute approximate surface area is 168 Å². The summed E-state index contributed by atoms with van der Waals surface area (Å²) < 4.78 is 21.4. The molecule has 0 bridgehead atoms. The number of rotatable bonds is 7. The second-order valence-electron chi connectivity index (χ2n) is 6.02. The fourth-order valence-corrected chi connectivity index (χ4v) is 3.01. The molecule has 3 rings (SSSR count). The summed E-state index contributed by atoms with van der Waals surface area (Å²) in [5, 5.41) is 5.98. The summed E-state index contributed by atoms with van der Waals surface area (Å²) in [4.78, 5) is 12.7. The number of methoxy groups -OCH3 is 4. The van der Waals surface area contributed by atoms with Crippen LogP contribution in [-0.2, 0) is 0 Å². The van der Waals surface area contributed by atoms with Gasteiger partial charge in [0.05, 0.1) is 40.2 Å². The number of amides is 1. The van der Waals surface area contributed by atoms with E-state index in [-0.39, 0.29) is 5.91 Å². The molecule has 0 spiro atoms. The molecule has 0 fully saturated rings. The monoisotopic (exact) mass is 394 g/mol. The van der Waals surface area contributed by atoms with Crippen molar-refractivity contribution >= 4 is 22.9 Å². The Hall–Kier alpha value is -3.74. The molecule has 0 saturated heterocycles. The highest BCUT2D eigenvalue weighted by molar-refractivity contribution is 6.02. The average molecular weight is 394 g/mol. The lowest BCUT2D eigenvalue weighted by Gasteiger charge is -2.13. The van der Waals surface area contributed by atoms with E-state index in [0.29, 0.717) is 34.1 Å². The Kier molecular flexibility index (Phi) is 6.19. The van der Waals surface area contributed by atoms with Crippen LogP contribution in [0.1, 0.15) is 15.9 Å². The lowest BCUT2D eigenvalue weighted by Crippen LogP contribution is -2.18. The summed E-state index contributed by atoms with van der Waals surface area (Å²) in [6, 6.07) is 14.8. The maximum atomic E-state index is 12.7. The van der Waals surface area contributed by atoms with Crippen molar-refractivity contribution in [2.75, 3.05) is 28.4 Å². The van der Waals surface area contributed by atoms with Crippen LogP contribution in [0.2, 0.25) is 0 Å². The van der Waals surface area contributed by atoms with E-state index in [1.165, 1.54) is 27.5 Å². The van der Waals surface area contributed by atoms with Gasteiger partial charge in [-0.15, -0.1) is 0 Å². The normalized spacial score (nSPS) is 10.8. The fourth-order valence-electron chi connectivity index (χ4n) is 3.01. The number of carbonyl (C=O) groups excluding carboxylic acids is 1. The molecule has 1 N–H and O–H groups in total. The van der Waals surface area contributed by atoms with Crippen molar-refractivity contribution < 1.29 is 23.7 Å². The van der Waals surface area contributed by atoms with Crippen molar-refractivity contribution in [2.45, 2.75) is 0 Å². The summed E-state index contributed by atoms with van der Waals surface area (Å²) in [6.45, 7) is 0. The molecular weight excluding hydrogens is 372 g/mol. The first-order valence-corrected chi connectivity index (χ1v) is 8.82. The van der Waals surface area contributed by atoms with Crippen LogP contribution in [0.15, 0.2) is 53.6 Å². The summed E-state index contributed by atoms with van der Waals surface area (Å²) >= 11 is 0. The van der Waals surface area contributed by atoms with Crippen molar-refractivity contribution in [3.63, 3.8) is 0 Å². The van der Waals surface area contributed by atoms with Gasteiger partial charge in [0.25, 0.3) is 5.91 Å². The molecule has 0 unspecified atom stereocenters. The van der Waals surface area contributed by atoms with Crippen LogP contribution >= 0.6 is 0 Å². The Balaban J connectivity index is 1.86. The van der Waals surface area contributed by atoms with Gasteiger partial charge in [0.15, 0.2) is 11.5 Å². The molecule has 0 aromatic heterocycles. The molecule has 3 aromatic carbocycles. The maximum absolute atomic E-state index is 12.7. The third-order valence-corrected chi connectivity index (χ3v) is 4.42. The number of ether oxygens (including phenoxy) is 4. The summed E-state index contributed by atoms with van der Waals surface area (Å²) in [7, 11) is 6.11. The summed E-state index contributed by atoms with van der Waals surface area (Å²) in [5.74, 6) is 1.52. The molecule has 0 heterocycles. The standard InChI is InChI=1S/C22H22N2O5/c1-26-18-10-9-16(20(28-3)21(18)29-4)13-23-24-22(25)17-11-14-7-5-6-8-15(14)12-19(17)27-2/h5-13H,1-4H3,(H,24,25). The van der Waals surface area contributed by atoms with Crippen LogP contribution in [0, 0.1) is 0 Å². The largest absolute Gasteiger partial charge is 0.496 e. The van der Waals surface area contributed by atoms with Gasteiger partial charge in [0.2, 0.25) is 5.75 Å². The Morgan fingerprint density at radius 1 is 0.828 bits per heavy atom. The van der Waals surface area contributed by atoms with Crippen molar-refractivity contribution in [1.82, 2.24) is 5.43 Å². The van der Waals surface area contributed by atoms with Crippen molar-refractivity contribution in [1.29, 1.82) is 0 Å². The first-order valence-electron chi connectivity index (χ1n) is 8.82. The van der Waals surface area contributed by atoms with Crippen molar-refractivity contribution in [2.24, 2.45) is 5.10 Å². The van der Waals surface area contributed by atoms with Crippen LogP contribution in [-0.4, -0.2) is 40.6 Å². The average Bonchev–Trinajstić information content (AvgIpc) is 2.77. The minimum absolute atomic E-state index is 0.386. The van der Waals surface area contributed by atoms with Crippen LogP contribution in [0.5, 0.6) is 23.0 Å². The highest BCUT2D eigenvalue weighted by Gasteiger charge is 2.16. The molecule has 7 nitrogen and oxygen atoms in total. The lowest BCUT2D eigenvalue weighted by atomic mass is 10.1. The molecule has 7 heteroatoms. The zero-order valence-corrected chi connectivity index (χ0v) is 16.7. The summed E-state index contributed by atoms with van der Waals surface area (Å²) in [6.07, 6.45) is 1.48. The predicted molar refractivity (Wildman–Crippen MR) is 112 cm³/mol. The number of nitrogens with one attached hydrogen (secondary N) is 1. The topological polar surface area (TPSA) is 78.4 Å². The molecule has 0 atom stereocenters. The maximum Gasteiger partial charge on any atom is 0.275 e. The molecule has 150 valence electrons. The number of hydrogen-bond acceptors (Lipinski definition) is 6. The van der Waals surface area contributed by atoms with Crippen LogP contribution < -0.4 is 24.4 Å². The van der Waals surface area contributed by atoms with Crippen LogP contribution in [0.4, 0.5) is 0 Å². The Morgan fingerprint density at radius 2 is 1.48 bits per heavy atom. The van der Waals surface area contributed by atoms with E-state index < -0.39 is 0 Å². The SMILES string of the molecule is COc1cc2ccccc2cc1C(=O)NN=Cc1ccc(OC)c(OC)c1OC. The molecule has 3 aromatic rings. The van der Waals surface area contributed by atoms with Gasteiger partial charge in [-0.1, -0.05) is 24.3 Å². The highest BCUT2D eigenvalue weighted by Crippen LogP contribution is 2.39. The van der Waals surface area contributed by atoms with E-state index in [1.807, 2.05) is 30.3 Å². The predicted octanol–water partition coefficient (Wildman–Crippen LogP) is 3.64. The highest BCUT2D eigenvalue weighted by atomic mass is 16.5.